The van der Waals surface area contributed by atoms with Gasteiger partial charge in [0.25, 0.3) is 0 Å². The molecular formula is C15H22N2O3S. The molecule has 1 aliphatic carbocycles. The lowest BCUT2D eigenvalue weighted by Gasteiger charge is -2.27. The summed E-state index contributed by atoms with van der Waals surface area (Å²) in [5.74, 6) is -0.481. The van der Waals surface area contributed by atoms with Crippen LogP contribution in [0.5, 0.6) is 0 Å². The summed E-state index contributed by atoms with van der Waals surface area (Å²) in [7, 11) is 1.79. The zero-order valence-electron chi connectivity index (χ0n) is 12.2. The molecule has 1 aromatic rings. The van der Waals surface area contributed by atoms with Gasteiger partial charge in [0, 0.05) is 20.1 Å². The van der Waals surface area contributed by atoms with Crippen molar-refractivity contribution in [1.82, 2.24) is 10.2 Å². The molecule has 1 saturated carbocycles. The minimum Gasteiger partial charge on any atom is -0.481 e. The predicted octanol–water partition coefficient (Wildman–Crippen LogP) is 2.78. The first-order valence-corrected chi connectivity index (χ1v) is 8.23. The molecule has 116 valence electrons. The van der Waals surface area contributed by atoms with E-state index < -0.39 is 5.97 Å². The number of nitrogens with zero attached hydrogens (tertiary/aromatic N) is 1. The summed E-state index contributed by atoms with van der Waals surface area (Å²) in [6.07, 6.45) is 3.21. The van der Waals surface area contributed by atoms with Crippen molar-refractivity contribution < 1.29 is 14.7 Å². The molecule has 0 aromatic carbocycles. The zero-order chi connectivity index (χ0) is 15.2. The molecule has 2 amide bonds. The minimum atomic E-state index is -0.687. The number of hydrogen-bond acceptors (Lipinski definition) is 3. The number of carboxylic acids is 1. The number of carbonyl (C=O) groups excluding carboxylic acids is 1. The number of nitrogens with one attached hydrogen (secondary N) is 1. The maximum absolute atomic E-state index is 12.0. The normalized spacial score (nSPS) is 21.8. The molecule has 0 unspecified atom stereocenters. The highest BCUT2D eigenvalue weighted by atomic mass is 32.1. The summed E-state index contributed by atoms with van der Waals surface area (Å²) >= 11 is 1.63. The van der Waals surface area contributed by atoms with E-state index in [9.17, 15) is 9.59 Å². The predicted molar refractivity (Wildman–Crippen MR) is 82.3 cm³/mol. The van der Waals surface area contributed by atoms with E-state index in [1.165, 1.54) is 0 Å². The Labute approximate surface area is 129 Å². The van der Waals surface area contributed by atoms with Crippen LogP contribution in [0, 0.1) is 11.8 Å². The van der Waals surface area contributed by atoms with Gasteiger partial charge in [-0.3, -0.25) is 4.79 Å². The first-order valence-electron chi connectivity index (χ1n) is 7.29. The highest BCUT2D eigenvalue weighted by molar-refractivity contribution is 7.07. The first-order chi connectivity index (χ1) is 10.1. The van der Waals surface area contributed by atoms with Crippen LogP contribution in [0.15, 0.2) is 16.8 Å². The van der Waals surface area contributed by atoms with Crippen LogP contribution in [0.1, 0.15) is 31.2 Å². The minimum absolute atomic E-state index is 0.0680. The molecule has 21 heavy (non-hydrogen) atoms. The number of thiophene rings is 1. The molecule has 6 heteroatoms. The van der Waals surface area contributed by atoms with Crippen molar-refractivity contribution in [3.63, 3.8) is 0 Å². The van der Waals surface area contributed by atoms with Crippen LogP contribution >= 0.6 is 11.3 Å². The van der Waals surface area contributed by atoms with E-state index in [-0.39, 0.29) is 11.9 Å². The van der Waals surface area contributed by atoms with Gasteiger partial charge in [0.2, 0.25) is 0 Å². The number of carboxylic acid groups (broad SMARTS) is 1. The standard InChI is InChI=1S/C15H22N2O3S/c1-17(9-12-6-7-21-10-12)15(20)16-8-11-2-4-13(5-3-11)14(18)19/h6-7,10-11,13H,2-5,8-9H2,1H3,(H,16,20)(H,18,19). The quantitative estimate of drug-likeness (QED) is 0.878. The third-order valence-corrected chi connectivity index (χ3v) is 4.82. The van der Waals surface area contributed by atoms with Crippen LogP contribution in [-0.4, -0.2) is 35.6 Å². The SMILES string of the molecule is CN(Cc1ccsc1)C(=O)NCC1CCC(C(=O)O)CC1. The second kappa shape index (κ2) is 7.45. The molecule has 2 N–H and O–H groups in total. The summed E-state index contributed by atoms with van der Waals surface area (Å²) in [4.78, 5) is 24.6. The second-order valence-corrected chi connectivity index (χ2v) is 6.51. The number of rotatable bonds is 5. The van der Waals surface area contributed by atoms with Crippen LogP contribution in [0.4, 0.5) is 4.79 Å². The molecule has 1 aliphatic rings. The zero-order valence-corrected chi connectivity index (χ0v) is 13.1. The van der Waals surface area contributed by atoms with Gasteiger partial charge in [0.15, 0.2) is 0 Å². The Balaban J connectivity index is 1.68. The Hall–Kier alpha value is -1.56. The number of carbonyl (C=O) groups is 2. The molecule has 0 bridgehead atoms. The fourth-order valence-corrected chi connectivity index (χ4v) is 3.37. The Morgan fingerprint density at radius 2 is 2.10 bits per heavy atom. The summed E-state index contributed by atoms with van der Waals surface area (Å²) in [5.41, 5.74) is 1.14. The smallest absolute Gasteiger partial charge is 0.317 e. The van der Waals surface area contributed by atoms with Gasteiger partial charge in [-0.25, -0.2) is 4.79 Å². The molecule has 0 aliphatic heterocycles. The topological polar surface area (TPSA) is 69.6 Å². The van der Waals surface area contributed by atoms with E-state index >= 15 is 0 Å². The van der Waals surface area contributed by atoms with Crippen molar-refractivity contribution in [3.05, 3.63) is 22.4 Å². The molecule has 0 radical (unpaired) electrons. The highest BCUT2D eigenvalue weighted by Crippen LogP contribution is 2.28. The van der Waals surface area contributed by atoms with Gasteiger partial charge in [0.05, 0.1) is 5.92 Å². The van der Waals surface area contributed by atoms with Gasteiger partial charge >= 0.3 is 12.0 Å². The fraction of sp³-hybridized carbons (Fsp3) is 0.600. The van der Waals surface area contributed by atoms with E-state index in [4.69, 9.17) is 5.11 Å². The van der Waals surface area contributed by atoms with Crippen LogP contribution in [0.3, 0.4) is 0 Å². The third kappa shape index (κ3) is 4.74. The molecule has 5 nitrogen and oxygen atoms in total. The molecule has 0 spiro atoms. The van der Waals surface area contributed by atoms with Crippen LogP contribution in [0.25, 0.3) is 0 Å². The lowest BCUT2D eigenvalue weighted by Crippen LogP contribution is -2.40. The van der Waals surface area contributed by atoms with Gasteiger partial charge < -0.3 is 15.3 Å². The van der Waals surface area contributed by atoms with E-state index in [1.807, 2.05) is 16.8 Å². The van der Waals surface area contributed by atoms with Gasteiger partial charge in [0.1, 0.15) is 0 Å². The summed E-state index contributed by atoms with van der Waals surface area (Å²) in [6.45, 7) is 1.25. The second-order valence-electron chi connectivity index (χ2n) is 5.73. The first kappa shape index (κ1) is 15.8. The average molecular weight is 310 g/mol. The number of hydrogen-bond donors (Lipinski definition) is 2. The van der Waals surface area contributed by atoms with Crippen molar-refractivity contribution in [2.45, 2.75) is 32.2 Å². The van der Waals surface area contributed by atoms with E-state index in [0.717, 1.165) is 31.2 Å². The number of amides is 2. The molecule has 0 atom stereocenters. The van der Waals surface area contributed by atoms with E-state index in [0.29, 0.717) is 19.0 Å². The van der Waals surface area contributed by atoms with Gasteiger partial charge in [-0.1, -0.05) is 0 Å². The Morgan fingerprint density at radius 3 is 2.67 bits per heavy atom. The van der Waals surface area contributed by atoms with Crippen LogP contribution in [0.2, 0.25) is 0 Å². The van der Waals surface area contributed by atoms with Crippen molar-refractivity contribution in [2.75, 3.05) is 13.6 Å². The van der Waals surface area contributed by atoms with E-state index in [1.54, 1.807) is 23.3 Å². The summed E-state index contributed by atoms with van der Waals surface area (Å²) < 4.78 is 0. The number of urea groups is 1. The molecule has 1 fully saturated rings. The Morgan fingerprint density at radius 1 is 1.38 bits per heavy atom. The molecule has 0 saturated heterocycles. The molecule has 1 heterocycles. The van der Waals surface area contributed by atoms with Crippen molar-refractivity contribution in [3.8, 4) is 0 Å². The van der Waals surface area contributed by atoms with Crippen molar-refractivity contribution in [2.24, 2.45) is 11.8 Å². The van der Waals surface area contributed by atoms with Crippen molar-refractivity contribution in [1.29, 1.82) is 0 Å². The molecule has 2 rings (SSSR count). The van der Waals surface area contributed by atoms with Gasteiger partial charge in [-0.05, 0) is 54.0 Å². The number of aliphatic carboxylic acids is 1. The fourth-order valence-electron chi connectivity index (χ4n) is 2.71. The van der Waals surface area contributed by atoms with Gasteiger partial charge in [-0.15, -0.1) is 0 Å². The molecular weight excluding hydrogens is 288 g/mol. The lowest BCUT2D eigenvalue weighted by atomic mass is 9.82. The maximum Gasteiger partial charge on any atom is 0.317 e. The Kier molecular flexibility index (Phi) is 5.61. The van der Waals surface area contributed by atoms with Crippen LogP contribution < -0.4 is 5.32 Å². The van der Waals surface area contributed by atoms with E-state index in [2.05, 4.69) is 5.32 Å². The summed E-state index contributed by atoms with van der Waals surface area (Å²) in [6, 6.07) is 1.95. The average Bonchev–Trinajstić information content (AvgIpc) is 2.98. The third-order valence-electron chi connectivity index (χ3n) is 4.08. The van der Waals surface area contributed by atoms with Gasteiger partial charge in [-0.2, -0.15) is 11.3 Å². The van der Waals surface area contributed by atoms with Crippen molar-refractivity contribution >= 4 is 23.3 Å². The summed E-state index contributed by atoms with van der Waals surface area (Å²) in [5, 5.41) is 16.0. The molecule has 1 aromatic heterocycles. The maximum atomic E-state index is 12.0. The largest absolute Gasteiger partial charge is 0.481 e. The highest BCUT2D eigenvalue weighted by Gasteiger charge is 2.26. The monoisotopic (exact) mass is 310 g/mol. The lowest BCUT2D eigenvalue weighted by molar-refractivity contribution is -0.143. The Bertz CT molecular complexity index is 467. The van der Waals surface area contributed by atoms with Crippen LogP contribution in [-0.2, 0) is 11.3 Å².